The van der Waals surface area contributed by atoms with E-state index in [1.807, 2.05) is 0 Å². The Morgan fingerprint density at radius 2 is 2.33 bits per heavy atom. The van der Waals surface area contributed by atoms with Crippen LogP contribution in [0.15, 0.2) is 4.52 Å². The lowest BCUT2D eigenvalue weighted by atomic mass is 10.1. The van der Waals surface area contributed by atoms with Gasteiger partial charge in [0.25, 0.3) is 0 Å². The van der Waals surface area contributed by atoms with Crippen molar-refractivity contribution in [2.75, 3.05) is 6.61 Å². The second-order valence-corrected chi connectivity index (χ2v) is 4.85. The maximum atomic E-state index is 8.74. The molecule has 0 aliphatic heterocycles. The van der Waals surface area contributed by atoms with Crippen LogP contribution in [0.1, 0.15) is 50.4 Å². The molecule has 1 saturated carbocycles. The van der Waals surface area contributed by atoms with Gasteiger partial charge in [-0.1, -0.05) is 19.0 Å². The zero-order chi connectivity index (χ0) is 11.1. The average Bonchev–Trinajstić information content (AvgIpc) is 2.66. The lowest BCUT2D eigenvalue weighted by Crippen LogP contribution is -2.12. The van der Waals surface area contributed by atoms with Crippen LogP contribution in [0.2, 0.25) is 0 Å². The summed E-state index contributed by atoms with van der Waals surface area (Å²) in [5, 5.41) is 12.7. The minimum Gasteiger partial charge on any atom is -0.396 e. The van der Waals surface area contributed by atoms with Crippen molar-refractivity contribution in [3.05, 3.63) is 11.7 Å². The Morgan fingerprint density at radius 3 is 2.87 bits per heavy atom. The molecule has 15 heavy (non-hydrogen) atoms. The third-order valence-corrected chi connectivity index (χ3v) is 3.04. The van der Waals surface area contributed by atoms with Crippen LogP contribution in [0.3, 0.4) is 0 Å². The Balaban J connectivity index is 2.05. The topological polar surface area (TPSA) is 85.2 Å². The highest BCUT2D eigenvalue weighted by Gasteiger charge is 2.49. The van der Waals surface area contributed by atoms with E-state index in [1.54, 1.807) is 0 Å². The first-order chi connectivity index (χ1) is 7.04. The van der Waals surface area contributed by atoms with Crippen LogP contribution >= 0.6 is 0 Å². The average molecular weight is 211 g/mol. The predicted octanol–water partition coefficient (Wildman–Crippen LogP) is 0.965. The molecule has 1 aromatic heterocycles. The Kier molecular flexibility index (Phi) is 2.52. The number of hydrogen-bond acceptors (Lipinski definition) is 5. The fraction of sp³-hybridized carbons (Fsp3) is 0.800. The first kappa shape index (κ1) is 10.6. The van der Waals surface area contributed by atoms with E-state index in [4.69, 9.17) is 15.4 Å². The van der Waals surface area contributed by atoms with E-state index in [2.05, 4.69) is 24.0 Å². The summed E-state index contributed by atoms with van der Waals surface area (Å²) in [6, 6.07) is -0.349. The molecule has 1 heterocycles. The zero-order valence-electron chi connectivity index (χ0n) is 9.10. The first-order valence-electron chi connectivity index (χ1n) is 5.24. The summed E-state index contributed by atoms with van der Waals surface area (Å²) in [6.07, 6.45) is 1.55. The Hall–Kier alpha value is -0.940. The highest BCUT2D eigenvalue weighted by molar-refractivity contribution is 5.14. The lowest BCUT2D eigenvalue weighted by Gasteiger charge is -2.01. The van der Waals surface area contributed by atoms with E-state index >= 15 is 0 Å². The van der Waals surface area contributed by atoms with Gasteiger partial charge in [0.15, 0.2) is 5.82 Å². The SMILES string of the molecule is CC1(C)CC1c1noc(C(N)CCO)n1. The summed E-state index contributed by atoms with van der Waals surface area (Å²) < 4.78 is 5.08. The predicted molar refractivity (Wildman–Crippen MR) is 54.1 cm³/mol. The fourth-order valence-electron chi connectivity index (χ4n) is 1.71. The van der Waals surface area contributed by atoms with Crippen LogP contribution in [-0.4, -0.2) is 21.9 Å². The smallest absolute Gasteiger partial charge is 0.243 e. The molecular weight excluding hydrogens is 194 g/mol. The molecule has 0 amide bonds. The standard InChI is InChI=1S/C10H17N3O2/c1-10(2)5-6(10)8-12-9(15-13-8)7(11)3-4-14/h6-7,14H,3-5,11H2,1-2H3. The van der Waals surface area contributed by atoms with E-state index < -0.39 is 0 Å². The van der Waals surface area contributed by atoms with Gasteiger partial charge < -0.3 is 15.4 Å². The van der Waals surface area contributed by atoms with Crippen molar-refractivity contribution in [3.63, 3.8) is 0 Å². The molecule has 5 nitrogen and oxygen atoms in total. The summed E-state index contributed by atoms with van der Waals surface area (Å²) in [6.45, 7) is 4.40. The van der Waals surface area contributed by atoms with E-state index in [0.717, 1.165) is 12.2 Å². The van der Waals surface area contributed by atoms with Gasteiger partial charge in [0.05, 0.1) is 6.04 Å². The minimum absolute atomic E-state index is 0.0355. The molecule has 2 unspecified atom stereocenters. The zero-order valence-corrected chi connectivity index (χ0v) is 9.10. The molecule has 2 atom stereocenters. The van der Waals surface area contributed by atoms with Crippen molar-refractivity contribution >= 4 is 0 Å². The quantitative estimate of drug-likeness (QED) is 0.775. The maximum absolute atomic E-state index is 8.74. The normalized spacial score (nSPS) is 25.2. The summed E-state index contributed by atoms with van der Waals surface area (Å²) in [4.78, 5) is 4.27. The molecular formula is C10H17N3O2. The van der Waals surface area contributed by atoms with Gasteiger partial charge in [-0.15, -0.1) is 0 Å². The number of aromatic nitrogens is 2. The van der Waals surface area contributed by atoms with Crippen LogP contribution in [-0.2, 0) is 0 Å². The molecule has 3 N–H and O–H groups in total. The van der Waals surface area contributed by atoms with Crippen LogP contribution in [0.5, 0.6) is 0 Å². The molecule has 0 radical (unpaired) electrons. The molecule has 0 saturated heterocycles. The van der Waals surface area contributed by atoms with E-state index in [9.17, 15) is 0 Å². The highest BCUT2D eigenvalue weighted by atomic mass is 16.5. The summed E-state index contributed by atoms with van der Waals surface area (Å²) in [5.41, 5.74) is 6.04. The van der Waals surface area contributed by atoms with Crippen molar-refractivity contribution in [1.82, 2.24) is 10.1 Å². The number of aliphatic hydroxyl groups excluding tert-OH is 1. The van der Waals surface area contributed by atoms with Gasteiger partial charge in [-0.05, 0) is 18.3 Å². The largest absolute Gasteiger partial charge is 0.396 e. The van der Waals surface area contributed by atoms with Crippen LogP contribution < -0.4 is 5.73 Å². The molecule has 0 spiro atoms. The summed E-state index contributed by atoms with van der Waals surface area (Å²) in [7, 11) is 0. The summed E-state index contributed by atoms with van der Waals surface area (Å²) in [5.74, 6) is 1.58. The third-order valence-electron chi connectivity index (χ3n) is 3.04. The second kappa shape index (κ2) is 3.57. The number of nitrogens with zero attached hydrogens (tertiary/aromatic N) is 2. The molecule has 1 fully saturated rings. The van der Waals surface area contributed by atoms with Crippen LogP contribution in [0, 0.1) is 5.41 Å². The lowest BCUT2D eigenvalue weighted by molar-refractivity contribution is 0.259. The Labute approximate surface area is 88.7 Å². The van der Waals surface area contributed by atoms with Gasteiger partial charge in [0.2, 0.25) is 5.89 Å². The Bertz CT molecular complexity index is 348. The minimum atomic E-state index is -0.349. The van der Waals surface area contributed by atoms with Crippen molar-refractivity contribution in [2.45, 2.75) is 38.6 Å². The molecule has 5 heteroatoms. The molecule has 1 aromatic rings. The van der Waals surface area contributed by atoms with Gasteiger partial charge in [-0.3, -0.25) is 0 Å². The third kappa shape index (κ3) is 2.03. The van der Waals surface area contributed by atoms with E-state index in [-0.39, 0.29) is 12.6 Å². The van der Waals surface area contributed by atoms with Crippen molar-refractivity contribution in [2.24, 2.45) is 11.1 Å². The molecule has 84 valence electrons. The number of aliphatic hydroxyl groups is 1. The fourth-order valence-corrected chi connectivity index (χ4v) is 1.71. The molecule has 2 rings (SSSR count). The van der Waals surface area contributed by atoms with Crippen LogP contribution in [0.4, 0.5) is 0 Å². The van der Waals surface area contributed by atoms with Crippen molar-refractivity contribution in [1.29, 1.82) is 0 Å². The van der Waals surface area contributed by atoms with Crippen LogP contribution in [0.25, 0.3) is 0 Å². The highest BCUT2D eigenvalue weighted by Crippen LogP contribution is 2.57. The van der Waals surface area contributed by atoms with E-state index in [1.165, 1.54) is 0 Å². The van der Waals surface area contributed by atoms with Crippen molar-refractivity contribution in [3.8, 4) is 0 Å². The van der Waals surface area contributed by atoms with E-state index in [0.29, 0.717) is 23.6 Å². The van der Waals surface area contributed by atoms with Gasteiger partial charge >= 0.3 is 0 Å². The molecule has 1 aliphatic rings. The molecule has 0 bridgehead atoms. The van der Waals surface area contributed by atoms with Crippen molar-refractivity contribution < 1.29 is 9.63 Å². The van der Waals surface area contributed by atoms with Gasteiger partial charge in [0.1, 0.15) is 0 Å². The number of rotatable bonds is 4. The molecule has 1 aliphatic carbocycles. The maximum Gasteiger partial charge on any atom is 0.243 e. The van der Waals surface area contributed by atoms with Gasteiger partial charge in [0, 0.05) is 12.5 Å². The Morgan fingerprint density at radius 1 is 1.67 bits per heavy atom. The number of nitrogens with two attached hydrogens (primary N) is 1. The monoisotopic (exact) mass is 211 g/mol. The number of hydrogen-bond donors (Lipinski definition) is 2. The first-order valence-corrected chi connectivity index (χ1v) is 5.24. The summed E-state index contributed by atoms with van der Waals surface area (Å²) >= 11 is 0. The van der Waals surface area contributed by atoms with Gasteiger partial charge in [-0.2, -0.15) is 4.98 Å². The second-order valence-electron chi connectivity index (χ2n) is 4.85. The van der Waals surface area contributed by atoms with Gasteiger partial charge in [-0.25, -0.2) is 0 Å². The molecule has 0 aromatic carbocycles.